The van der Waals surface area contributed by atoms with Crippen molar-refractivity contribution < 1.29 is 13.6 Å². The van der Waals surface area contributed by atoms with Crippen molar-refractivity contribution in [3.05, 3.63) is 48.0 Å². The predicted molar refractivity (Wildman–Crippen MR) is 99.0 cm³/mol. The quantitative estimate of drug-likeness (QED) is 0.661. The third-order valence-electron chi connectivity index (χ3n) is 5.39. The molecule has 2 aliphatic heterocycles. The number of ether oxygens (including phenoxy) is 1. The average Bonchev–Trinajstić information content (AvgIpc) is 3.50. The molecule has 3 aromatic rings. The maximum absolute atomic E-state index is 5.99. The standard InChI is InChI=1S/C20H23N5O3/c1-2-7-14(8-3-1)18-22-21-17(27-18)13-25-11-5-4-9-15(25)19-23-24-20(28-19)16-10-6-12-26-16/h1-3,7-8,15-16H,4-6,9-13H2/t15?,16-/m1/s1. The first-order valence-electron chi connectivity index (χ1n) is 9.93. The minimum atomic E-state index is -0.0531. The molecule has 0 aliphatic carbocycles. The van der Waals surface area contributed by atoms with Gasteiger partial charge in [-0.25, -0.2) is 0 Å². The summed E-state index contributed by atoms with van der Waals surface area (Å²) in [4.78, 5) is 2.29. The molecule has 5 rings (SSSR count). The highest BCUT2D eigenvalue weighted by Gasteiger charge is 2.32. The van der Waals surface area contributed by atoms with E-state index in [0.29, 0.717) is 30.1 Å². The van der Waals surface area contributed by atoms with Crippen molar-refractivity contribution in [3.63, 3.8) is 0 Å². The van der Waals surface area contributed by atoms with E-state index >= 15 is 0 Å². The molecule has 2 aromatic heterocycles. The number of aromatic nitrogens is 4. The Bertz CT molecular complexity index is 903. The zero-order chi connectivity index (χ0) is 18.8. The topological polar surface area (TPSA) is 90.3 Å². The van der Waals surface area contributed by atoms with Crippen molar-refractivity contribution in [1.29, 1.82) is 0 Å². The molecule has 4 heterocycles. The molecule has 0 amide bonds. The second-order valence-electron chi connectivity index (χ2n) is 7.33. The number of nitrogens with zero attached hydrogens (tertiary/aromatic N) is 5. The predicted octanol–water partition coefficient (Wildman–Crippen LogP) is 3.70. The fraction of sp³-hybridized carbons (Fsp3) is 0.500. The van der Waals surface area contributed by atoms with E-state index in [1.165, 1.54) is 0 Å². The third kappa shape index (κ3) is 3.57. The minimum Gasteiger partial charge on any atom is -0.421 e. The highest BCUT2D eigenvalue weighted by molar-refractivity contribution is 5.51. The molecule has 8 heteroatoms. The van der Waals surface area contributed by atoms with Crippen molar-refractivity contribution in [1.82, 2.24) is 25.3 Å². The molecule has 2 fully saturated rings. The van der Waals surface area contributed by atoms with Crippen LogP contribution >= 0.6 is 0 Å². The number of benzene rings is 1. The molecule has 1 aromatic carbocycles. The number of hydrogen-bond donors (Lipinski definition) is 0. The second-order valence-corrected chi connectivity index (χ2v) is 7.33. The van der Waals surface area contributed by atoms with E-state index in [0.717, 1.165) is 50.8 Å². The van der Waals surface area contributed by atoms with E-state index in [4.69, 9.17) is 13.6 Å². The van der Waals surface area contributed by atoms with Gasteiger partial charge in [0.1, 0.15) is 6.10 Å². The lowest BCUT2D eigenvalue weighted by atomic mass is 10.0. The Labute approximate surface area is 162 Å². The Morgan fingerprint density at radius 3 is 2.64 bits per heavy atom. The van der Waals surface area contributed by atoms with Gasteiger partial charge in [0.2, 0.25) is 23.6 Å². The van der Waals surface area contributed by atoms with Gasteiger partial charge in [0.15, 0.2) is 0 Å². The zero-order valence-corrected chi connectivity index (χ0v) is 15.7. The normalized spacial score (nSPS) is 23.3. The van der Waals surface area contributed by atoms with Gasteiger partial charge in [0.05, 0.1) is 12.6 Å². The number of rotatable bonds is 5. The van der Waals surface area contributed by atoms with Crippen LogP contribution in [0.25, 0.3) is 11.5 Å². The summed E-state index contributed by atoms with van der Waals surface area (Å²) >= 11 is 0. The Kier molecular flexibility index (Phi) is 4.88. The molecule has 0 saturated carbocycles. The fourth-order valence-electron chi connectivity index (χ4n) is 3.93. The van der Waals surface area contributed by atoms with Gasteiger partial charge in [0, 0.05) is 12.2 Å². The first-order valence-corrected chi connectivity index (χ1v) is 9.93. The van der Waals surface area contributed by atoms with E-state index in [1.54, 1.807) is 0 Å². The number of piperidine rings is 1. The lowest BCUT2D eigenvalue weighted by Gasteiger charge is -2.32. The molecule has 0 bridgehead atoms. The molecule has 0 spiro atoms. The molecule has 8 nitrogen and oxygen atoms in total. The molecule has 28 heavy (non-hydrogen) atoms. The summed E-state index contributed by atoms with van der Waals surface area (Å²) in [5, 5.41) is 17.0. The van der Waals surface area contributed by atoms with Gasteiger partial charge >= 0.3 is 0 Å². The minimum absolute atomic E-state index is 0.0531. The van der Waals surface area contributed by atoms with Gasteiger partial charge in [-0.15, -0.1) is 20.4 Å². The highest BCUT2D eigenvalue weighted by Crippen LogP contribution is 2.34. The highest BCUT2D eigenvalue weighted by atomic mass is 16.5. The summed E-state index contributed by atoms with van der Waals surface area (Å²) in [7, 11) is 0. The molecule has 2 atom stereocenters. The lowest BCUT2D eigenvalue weighted by Crippen LogP contribution is -2.33. The van der Waals surface area contributed by atoms with E-state index in [9.17, 15) is 0 Å². The lowest BCUT2D eigenvalue weighted by molar-refractivity contribution is 0.0775. The summed E-state index contributed by atoms with van der Waals surface area (Å²) in [5.74, 6) is 2.41. The average molecular weight is 381 g/mol. The Morgan fingerprint density at radius 1 is 0.893 bits per heavy atom. The van der Waals surface area contributed by atoms with Crippen LogP contribution in [0, 0.1) is 0 Å². The molecule has 2 aliphatic rings. The maximum Gasteiger partial charge on any atom is 0.247 e. The van der Waals surface area contributed by atoms with Crippen LogP contribution in [-0.4, -0.2) is 38.4 Å². The van der Waals surface area contributed by atoms with Crippen LogP contribution in [0.1, 0.15) is 61.9 Å². The molecule has 1 unspecified atom stereocenters. The van der Waals surface area contributed by atoms with Gasteiger partial charge in [-0.05, 0) is 44.4 Å². The van der Waals surface area contributed by atoms with Crippen LogP contribution in [0.2, 0.25) is 0 Å². The van der Waals surface area contributed by atoms with Crippen molar-refractivity contribution in [2.75, 3.05) is 13.2 Å². The van der Waals surface area contributed by atoms with Crippen LogP contribution in [-0.2, 0) is 11.3 Å². The second kappa shape index (κ2) is 7.81. The van der Waals surface area contributed by atoms with E-state index < -0.39 is 0 Å². The SMILES string of the molecule is c1ccc(-c2nnc(CN3CCCCC3c3nnc([C@H]4CCCO4)o3)o2)cc1. The van der Waals surface area contributed by atoms with Crippen LogP contribution in [0.4, 0.5) is 0 Å². The summed E-state index contributed by atoms with van der Waals surface area (Å²) in [5.41, 5.74) is 0.926. The first kappa shape index (κ1) is 17.5. The number of likely N-dealkylation sites (tertiary alicyclic amines) is 1. The first-order chi connectivity index (χ1) is 13.9. The van der Waals surface area contributed by atoms with Crippen molar-refractivity contribution in [2.45, 2.75) is 50.8 Å². The van der Waals surface area contributed by atoms with Crippen LogP contribution < -0.4 is 0 Å². The molecular formula is C20H23N5O3. The Hall–Kier alpha value is -2.58. The largest absolute Gasteiger partial charge is 0.421 e. The Balaban J connectivity index is 1.32. The van der Waals surface area contributed by atoms with Gasteiger partial charge in [-0.3, -0.25) is 4.90 Å². The molecule has 0 radical (unpaired) electrons. The summed E-state index contributed by atoms with van der Waals surface area (Å²) in [6.07, 6.45) is 5.18. The van der Waals surface area contributed by atoms with Crippen LogP contribution in [0.5, 0.6) is 0 Å². The molecule has 146 valence electrons. The van der Waals surface area contributed by atoms with E-state index in [2.05, 4.69) is 25.3 Å². The third-order valence-corrected chi connectivity index (χ3v) is 5.39. The Morgan fingerprint density at radius 2 is 1.79 bits per heavy atom. The summed E-state index contributed by atoms with van der Waals surface area (Å²) in [6, 6.07) is 9.89. The van der Waals surface area contributed by atoms with Crippen molar-refractivity contribution >= 4 is 0 Å². The van der Waals surface area contributed by atoms with Crippen molar-refractivity contribution in [3.8, 4) is 11.5 Å². The summed E-state index contributed by atoms with van der Waals surface area (Å²) in [6.45, 7) is 2.27. The van der Waals surface area contributed by atoms with Gasteiger partial charge in [-0.1, -0.05) is 24.6 Å². The summed E-state index contributed by atoms with van der Waals surface area (Å²) < 4.78 is 17.6. The molecule has 0 N–H and O–H groups in total. The maximum atomic E-state index is 5.99. The smallest absolute Gasteiger partial charge is 0.247 e. The van der Waals surface area contributed by atoms with Gasteiger partial charge < -0.3 is 13.6 Å². The monoisotopic (exact) mass is 381 g/mol. The zero-order valence-electron chi connectivity index (χ0n) is 15.7. The van der Waals surface area contributed by atoms with E-state index in [1.807, 2.05) is 30.3 Å². The van der Waals surface area contributed by atoms with Crippen LogP contribution in [0.3, 0.4) is 0 Å². The van der Waals surface area contributed by atoms with Crippen LogP contribution in [0.15, 0.2) is 39.2 Å². The number of hydrogen-bond acceptors (Lipinski definition) is 8. The molecular weight excluding hydrogens is 358 g/mol. The molecule has 2 saturated heterocycles. The fourth-order valence-corrected chi connectivity index (χ4v) is 3.93. The van der Waals surface area contributed by atoms with E-state index in [-0.39, 0.29) is 12.1 Å². The van der Waals surface area contributed by atoms with Gasteiger partial charge in [0.25, 0.3) is 0 Å². The van der Waals surface area contributed by atoms with Gasteiger partial charge in [-0.2, -0.15) is 0 Å². The van der Waals surface area contributed by atoms with Crippen molar-refractivity contribution in [2.24, 2.45) is 0 Å².